The number of halogens is 1. The molecule has 0 heterocycles. The van der Waals surface area contributed by atoms with Gasteiger partial charge in [-0.25, -0.2) is 0 Å². The Morgan fingerprint density at radius 3 is 2.53 bits per heavy atom. The van der Waals surface area contributed by atoms with Crippen LogP contribution in [0.5, 0.6) is 0 Å². The van der Waals surface area contributed by atoms with E-state index in [0.717, 1.165) is 5.56 Å². The maximum atomic E-state index is 11.9. The van der Waals surface area contributed by atoms with Crippen molar-refractivity contribution in [3.8, 4) is 0 Å². The molecule has 108 valence electrons. The SMILES string of the molecule is COC(CN)C(=O)NC(C)c1ccc(C)cc1C.Cl. The van der Waals surface area contributed by atoms with Crippen LogP contribution < -0.4 is 11.1 Å². The summed E-state index contributed by atoms with van der Waals surface area (Å²) < 4.78 is 5.01. The van der Waals surface area contributed by atoms with Crippen molar-refractivity contribution in [1.29, 1.82) is 0 Å². The minimum atomic E-state index is -0.585. The molecule has 0 saturated carbocycles. The Morgan fingerprint density at radius 2 is 2.05 bits per heavy atom. The molecule has 19 heavy (non-hydrogen) atoms. The number of ether oxygens (including phenoxy) is 1. The first-order valence-electron chi connectivity index (χ1n) is 6.10. The first-order chi connectivity index (χ1) is 8.49. The van der Waals surface area contributed by atoms with Crippen LogP contribution in [0.1, 0.15) is 29.7 Å². The lowest BCUT2D eigenvalue weighted by molar-refractivity contribution is -0.131. The second-order valence-corrected chi connectivity index (χ2v) is 4.55. The second-order valence-electron chi connectivity index (χ2n) is 4.55. The third kappa shape index (κ3) is 4.82. The zero-order chi connectivity index (χ0) is 13.7. The molecule has 1 aromatic carbocycles. The zero-order valence-electron chi connectivity index (χ0n) is 11.9. The van der Waals surface area contributed by atoms with Crippen molar-refractivity contribution in [2.45, 2.75) is 32.9 Å². The Kier molecular flexibility index (Phi) is 7.68. The van der Waals surface area contributed by atoms with Crippen LogP contribution in [0.4, 0.5) is 0 Å². The van der Waals surface area contributed by atoms with E-state index in [0.29, 0.717) is 0 Å². The van der Waals surface area contributed by atoms with Gasteiger partial charge < -0.3 is 15.8 Å². The Bertz CT molecular complexity index is 420. The predicted molar refractivity (Wildman–Crippen MR) is 79.6 cm³/mol. The molecule has 0 spiro atoms. The van der Waals surface area contributed by atoms with Crippen LogP contribution in [0.15, 0.2) is 18.2 Å². The smallest absolute Gasteiger partial charge is 0.250 e. The van der Waals surface area contributed by atoms with Gasteiger partial charge in [0.2, 0.25) is 0 Å². The number of methoxy groups -OCH3 is 1. The molecule has 2 unspecified atom stereocenters. The minimum Gasteiger partial charge on any atom is -0.370 e. The monoisotopic (exact) mass is 286 g/mol. The van der Waals surface area contributed by atoms with Gasteiger partial charge in [0.25, 0.3) is 5.91 Å². The van der Waals surface area contributed by atoms with E-state index in [-0.39, 0.29) is 30.9 Å². The van der Waals surface area contributed by atoms with Gasteiger partial charge in [0, 0.05) is 13.7 Å². The average Bonchev–Trinajstić information content (AvgIpc) is 2.30. The van der Waals surface area contributed by atoms with E-state index in [1.807, 2.05) is 26.0 Å². The molecule has 1 rings (SSSR count). The summed E-state index contributed by atoms with van der Waals surface area (Å²) in [6.45, 7) is 6.23. The number of benzene rings is 1. The van der Waals surface area contributed by atoms with Crippen LogP contribution >= 0.6 is 12.4 Å². The van der Waals surface area contributed by atoms with Gasteiger partial charge in [-0.15, -0.1) is 12.4 Å². The van der Waals surface area contributed by atoms with Gasteiger partial charge >= 0.3 is 0 Å². The highest BCUT2D eigenvalue weighted by molar-refractivity contribution is 5.85. The molecule has 0 aromatic heterocycles. The summed E-state index contributed by atoms with van der Waals surface area (Å²) >= 11 is 0. The van der Waals surface area contributed by atoms with Gasteiger partial charge in [-0.1, -0.05) is 23.8 Å². The summed E-state index contributed by atoms with van der Waals surface area (Å²) in [6, 6.07) is 6.14. The predicted octanol–water partition coefficient (Wildman–Crippen LogP) is 1.88. The van der Waals surface area contributed by atoms with Crippen LogP contribution in [0, 0.1) is 13.8 Å². The summed E-state index contributed by atoms with van der Waals surface area (Å²) in [7, 11) is 1.49. The van der Waals surface area contributed by atoms with E-state index >= 15 is 0 Å². The van der Waals surface area contributed by atoms with Crippen LogP contribution in [0.2, 0.25) is 0 Å². The van der Waals surface area contributed by atoms with Crippen molar-refractivity contribution >= 4 is 18.3 Å². The molecule has 1 amide bonds. The lowest BCUT2D eigenvalue weighted by Gasteiger charge is -2.20. The number of rotatable bonds is 5. The standard InChI is InChI=1S/C14H22N2O2.ClH/c1-9-5-6-12(10(2)7-9)11(3)16-14(17)13(8-15)18-4;/h5-7,11,13H,8,15H2,1-4H3,(H,16,17);1H. The molecule has 0 radical (unpaired) electrons. The summed E-state index contributed by atoms with van der Waals surface area (Å²) in [4.78, 5) is 11.9. The topological polar surface area (TPSA) is 64.3 Å². The lowest BCUT2D eigenvalue weighted by atomic mass is 10.00. The summed E-state index contributed by atoms with van der Waals surface area (Å²) in [5.74, 6) is -0.174. The molecule has 0 fully saturated rings. The molecule has 0 saturated heterocycles. The fourth-order valence-corrected chi connectivity index (χ4v) is 2.01. The van der Waals surface area contributed by atoms with Gasteiger partial charge in [0.15, 0.2) is 0 Å². The largest absolute Gasteiger partial charge is 0.370 e. The van der Waals surface area contributed by atoms with E-state index in [1.54, 1.807) is 0 Å². The van der Waals surface area contributed by atoms with Crippen LogP contribution in [0.25, 0.3) is 0 Å². The van der Waals surface area contributed by atoms with E-state index in [9.17, 15) is 4.79 Å². The van der Waals surface area contributed by atoms with Crippen molar-refractivity contribution in [2.24, 2.45) is 5.73 Å². The Balaban J connectivity index is 0.00000324. The first kappa shape index (κ1) is 17.9. The van der Waals surface area contributed by atoms with E-state index < -0.39 is 6.10 Å². The molecular formula is C14H23ClN2O2. The lowest BCUT2D eigenvalue weighted by Crippen LogP contribution is -2.41. The molecule has 0 bridgehead atoms. The first-order valence-corrected chi connectivity index (χ1v) is 6.10. The number of carbonyl (C=O) groups is 1. The van der Waals surface area contributed by atoms with E-state index in [2.05, 4.69) is 18.3 Å². The number of amides is 1. The highest BCUT2D eigenvalue weighted by Gasteiger charge is 2.19. The van der Waals surface area contributed by atoms with Crippen molar-refractivity contribution < 1.29 is 9.53 Å². The summed E-state index contributed by atoms with van der Waals surface area (Å²) in [5, 5.41) is 2.91. The highest BCUT2D eigenvalue weighted by Crippen LogP contribution is 2.18. The average molecular weight is 287 g/mol. The molecule has 0 aliphatic heterocycles. The van der Waals surface area contributed by atoms with Gasteiger partial charge in [-0.2, -0.15) is 0 Å². The maximum Gasteiger partial charge on any atom is 0.250 e. The molecule has 0 aliphatic carbocycles. The summed E-state index contributed by atoms with van der Waals surface area (Å²) in [5.41, 5.74) is 8.96. The normalized spacial score (nSPS) is 13.3. The van der Waals surface area contributed by atoms with Crippen molar-refractivity contribution in [2.75, 3.05) is 13.7 Å². The number of aryl methyl sites for hydroxylation is 2. The minimum absolute atomic E-state index is 0. The van der Waals surface area contributed by atoms with Crippen molar-refractivity contribution in [1.82, 2.24) is 5.32 Å². The number of nitrogens with two attached hydrogens (primary N) is 1. The number of hydrogen-bond acceptors (Lipinski definition) is 3. The molecule has 0 aliphatic rings. The van der Waals surface area contributed by atoms with Crippen molar-refractivity contribution in [3.63, 3.8) is 0 Å². The van der Waals surface area contributed by atoms with Crippen LogP contribution in [-0.4, -0.2) is 25.7 Å². The van der Waals surface area contributed by atoms with Gasteiger partial charge in [-0.3, -0.25) is 4.79 Å². The summed E-state index contributed by atoms with van der Waals surface area (Å²) in [6.07, 6.45) is -0.585. The zero-order valence-corrected chi connectivity index (χ0v) is 12.7. The van der Waals surface area contributed by atoms with Gasteiger partial charge in [0.05, 0.1) is 6.04 Å². The number of hydrogen-bond donors (Lipinski definition) is 2. The quantitative estimate of drug-likeness (QED) is 0.869. The van der Waals surface area contributed by atoms with Gasteiger partial charge in [-0.05, 0) is 31.9 Å². The fraction of sp³-hybridized carbons (Fsp3) is 0.500. The Hall–Kier alpha value is -1.10. The third-order valence-electron chi connectivity index (χ3n) is 3.04. The number of carbonyl (C=O) groups excluding carboxylic acids is 1. The van der Waals surface area contributed by atoms with Crippen LogP contribution in [0.3, 0.4) is 0 Å². The van der Waals surface area contributed by atoms with E-state index in [4.69, 9.17) is 10.5 Å². The Labute approximate surface area is 121 Å². The molecule has 4 nitrogen and oxygen atoms in total. The molecule has 1 aromatic rings. The number of nitrogens with one attached hydrogen (secondary N) is 1. The van der Waals surface area contributed by atoms with Crippen molar-refractivity contribution in [3.05, 3.63) is 34.9 Å². The molecule has 2 atom stereocenters. The highest BCUT2D eigenvalue weighted by atomic mass is 35.5. The molecule has 3 N–H and O–H groups in total. The molecular weight excluding hydrogens is 264 g/mol. The second kappa shape index (κ2) is 8.15. The third-order valence-corrected chi connectivity index (χ3v) is 3.04. The molecule has 5 heteroatoms. The van der Waals surface area contributed by atoms with Crippen LogP contribution in [-0.2, 0) is 9.53 Å². The van der Waals surface area contributed by atoms with Gasteiger partial charge in [0.1, 0.15) is 6.10 Å². The Morgan fingerprint density at radius 1 is 1.42 bits per heavy atom. The van der Waals surface area contributed by atoms with E-state index in [1.165, 1.54) is 18.2 Å². The maximum absolute atomic E-state index is 11.9. The fourth-order valence-electron chi connectivity index (χ4n) is 2.01.